The summed E-state index contributed by atoms with van der Waals surface area (Å²) in [6.07, 6.45) is -4.04. The van der Waals surface area contributed by atoms with Crippen LogP contribution in [0.4, 0.5) is 24.5 Å². The molecule has 0 aromatic heterocycles. The van der Waals surface area contributed by atoms with Crippen LogP contribution >= 0.6 is 0 Å². The van der Waals surface area contributed by atoms with Gasteiger partial charge in [-0.1, -0.05) is 6.07 Å². The Kier molecular flexibility index (Phi) is 7.07. The van der Waals surface area contributed by atoms with E-state index in [2.05, 4.69) is 15.8 Å². The summed E-state index contributed by atoms with van der Waals surface area (Å²) in [5.74, 6) is -1.84. The fraction of sp³-hybridized carbons (Fsp3) is 0.167. The number of rotatable bonds is 7. The normalized spacial score (nSPS) is 11.3. The van der Waals surface area contributed by atoms with E-state index in [0.717, 1.165) is 36.5 Å². The van der Waals surface area contributed by atoms with Crippen molar-refractivity contribution in [3.8, 4) is 5.75 Å². The fourth-order valence-corrected chi connectivity index (χ4v) is 2.23. The van der Waals surface area contributed by atoms with Gasteiger partial charge in [-0.3, -0.25) is 19.7 Å². The molecule has 0 aliphatic heterocycles. The van der Waals surface area contributed by atoms with Crippen molar-refractivity contribution < 1.29 is 32.8 Å². The number of carbonyl (C=O) groups is 2. The number of phenols is 1. The molecular weight excluding hydrogens is 409 g/mol. The van der Waals surface area contributed by atoms with Crippen molar-refractivity contribution >= 4 is 29.4 Å². The number of amides is 2. The van der Waals surface area contributed by atoms with Crippen molar-refractivity contribution in [2.45, 2.75) is 19.0 Å². The maximum Gasteiger partial charge on any atom is 0.416 e. The number of carbonyl (C=O) groups excluding carboxylic acids is 2. The number of nitro benzene ring substituents is 1. The molecule has 0 aliphatic carbocycles. The van der Waals surface area contributed by atoms with Gasteiger partial charge in [-0.05, 0) is 30.3 Å². The minimum Gasteiger partial charge on any atom is -0.502 e. The molecule has 9 nitrogen and oxygen atoms in total. The summed E-state index contributed by atoms with van der Waals surface area (Å²) in [6.45, 7) is 0. The number of aromatic hydroxyl groups is 1. The molecule has 2 aromatic rings. The highest BCUT2D eigenvalue weighted by atomic mass is 19.4. The Labute approximate surface area is 167 Å². The van der Waals surface area contributed by atoms with Gasteiger partial charge in [0, 0.05) is 30.2 Å². The Morgan fingerprint density at radius 1 is 1.13 bits per heavy atom. The number of hydrogen-bond acceptors (Lipinski definition) is 6. The Hall–Kier alpha value is -3.96. The van der Waals surface area contributed by atoms with E-state index in [9.17, 15) is 38.0 Å². The molecule has 3 N–H and O–H groups in total. The number of nitrogens with one attached hydrogen (secondary N) is 2. The number of anilines is 1. The number of benzene rings is 2. The Morgan fingerprint density at radius 3 is 2.50 bits per heavy atom. The second kappa shape index (κ2) is 9.49. The second-order valence-corrected chi connectivity index (χ2v) is 5.93. The van der Waals surface area contributed by atoms with Crippen LogP contribution in [-0.4, -0.2) is 28.1 Å². The van der Waals surface area contributed by atoms with Crippen LogP contribution in [0.5, 0.6) is 5.75 Å². The summed E-state index contributed by atoms with van der Waals surface area (Å²) in [5.41, 5.74) is 0.851. The van der Waals surface area contributed by atoms with Gasteiger partial charge in [-0.2, -0.15) is 18.3 Å². The quantitative estimate of drug-likeness (QED) is 0.357. The average Bonchev–Trinajstić information content (AvgIpc) is 2.67. The first-order valence-corrected chi connectivity index (χ1v) is 8.32. The summed E-state index contributed by atoms with van der Waals surface area (Å²) >= 11 is 0. The molecule has 0 saturated heterocycles. The van der Waals surface area contributed by atoms with Crippen LogP contribution in [0.1, 0.15) is 24.0 Å². The molecular formula is C18H15F3N4O5. The van der Waals surface area contributed by atoms with Crippen molar-refractivity contribution in [2.24, 2.45) is 5.10 Å². The maximum absolute atomic E-state index is 12.7. The third-order valence-electron chi connectivity index (χ3n) is 3.65. The van der Waals surface area contributed by atoms with Crippen LogP contribution in [-0.2, 0) is 15.8 Å². The highest BCUT2D eigenvalue weighted by molar-refractivity contribution is 5.93. The zero-order chi connectivity index (χ0) is 22.3. The van der Waals surface area contributed by atoms with E-state index in [4.69, 9.17) is 0 Å². The molecule has 12 heteroatoms. The predicted molar refractivity (Wildman–Crippen MR) is 99.8 cm³/mol. The first-order chi connectivity index (χ1) is 14.1. The molecule has 0 spiro atoms. The molecule has 2 rings (SSSR count). The van der Waals surface area contributed by atoms with Gasteiger partial charge in [0.1, 0.15) is 0 Å². The third kappa shape index (κ3) is 6.58. The molecule has 2 aromatic carbocycles. The highest BCUT2D eigenvalue weighted by Gasteiger charge is 2.30. The van der Waals surface area contributed by atoms with E-state index in [1.807, 2.05) is 0 Å². The van der Waals surface area contributed by atoms with Crippen LogP contribution < -0.4 is 10.7 Å². The predicted octanol–water partition coefficient (Wildman–Crippen LogP) is 3.19. The number of nitro groups is 1. The van der Waals surface area contributed by atoms with E-state index in [1.165, 1.54) is 12.1 Å². The monoisotopic (exact) mass is 424 g/mol. The number of phenolic OH excluding ortho intramolecular Hbond substituents is 1. The van der Waals surface area contributed by atoms with Gasteiger partial charge in [0.25, 0.3) is 0 Å². The molecule has 0 fully saturated rings. The molecule has 0 bridgehead atoms. The Morgan fingerprint density at radius 2 is 1.83 bits per heavy atom. The van der Waals surface area contributed by atoms with E-state index >= 15 is 0 Å². The average molecular weight is 424 g/mol. The van der Waals surface area contributed by atoms with Crippen molar-refractivity contribution in [2.75, 3.05) is 5.32 Å². The lowest BCUT2D eigenvalue weighted by molar-refractivity contribution is -0.385. The van der Waals surface area contributed by atoms with E-state index in [-0.39, 0.29) is 24.1 Å². The lowest BCUT2D eigenvalue weighted by Crippen LogP contribution is -2.20. The summed E-state index contributed by atoms with van der Waals surface area (Å²) < 4.78 is 38.0. The number of nitrogens with zero attached hydrogens (tertiary/aromatic N) is 2. The zero-order valence-electron chi connectivity index (χ0n) is 15.1. The topological polar surface area (TPSA) is 134 Å². The molecule has 0 atom stereocenters. The van der Waals surface area contributed by atoms with E-state index in [0.29, 0.717) is 0 Å². The van der Waals surface area contributed by atoms with Crippen molar-refractivity contribution in [1.29, 1.82) is 0 Å². The first kappa shape index (κ1) is 22.3. The number of alkyl halides is 3. The standard InChI is InChI=1S/C18H15F3N4O5/c19-18(20,21)12-2-1-3-13(9-12)23-16(27)6-7-17(28)24-22-10-11-4-5-15(26)14(8-11)25(29)30/h1-5,8-10,26H,6-7H2,(H,23,27)(H,24,28). The Balaban J connectivity index is 1.83. The SMILES string of the molecule is O=C(CCC(=O)Nc1cccc(C(F)(F)F)c1)NN=Cc1ccc(O)c([N+](=O)[O-])c1. The second-order valence-electron chi connectivity index (χ2n) is 5.93. The molecule has 2 amide bonds. The smallest absolute Gasteiger partial charge is 0.416 e. The van der Waals surface area contributed by atoms with Gasteiger partial charge in [0.05, 0.1) is 16.7 Å². The third-order valence-corrected chi connectivity index (χ3v) is 3.65. The first-order valence-electron chi connectivity index (χ1n) is 8.32. The largest absolute Gasteiger partial charge is 0.502 e. The van der Waals surface area contributed by atoms with Crippen LogP contribution in [0.15, 0.2) is 47.6 Å². The van der Waals surface area contributed by atoms with Crippen LogP contribution in [0, 0.1) is 10.1 Å². The van der Waals surface area contributed by atoms with Crippen molar-refractivity contribution in [3.05, 3.63) is 63.7 Å². The molecule has 158 valence electrons. The van der Waals surface area contributed by atoms with Gasteiger partial charge in [0.15, 0.2) is 5.75 Å². The molecule has 0 saturated carbocycles. The minimum absolute atomic E-state index is 0.0535. The van der Waals surface area contributed by atoms with Gasteiger partial charge in [0.2, 0.25) is 11.8 Å². The fourth-order valence-electron chi connectivity index (χ4n) is 2.23. The number of hydrazone groups is 1. The van der Waals surface area contributed by atoms with Gasteiger partial charge in [-0.25, -0.2) is 5.43 Å². The van der Waals surface area contributed by atoms with Crippen molar-refractivity contribution in [1.82, 2.24) is 5.43 Å². The molecule has 0 unspecified atom stereocenters. The number of halogens is 3. The lowest BCUT2D eigenvalue weighted by atomic mass is 10.2. The Bertz CT molecular complexity index is 992. The van der Waals surface area contributed by atoms with Crippen molar-refractivity contribution in [3.63, 3.8) is 0 Å². The van der Waals surface area contributed by atoms with E-state index < -0.39 is 39.9 Å². The van der Waals surface area contributed by atoms with Gasteiger partial charge in [-0.15, -0.1) is 0 Å². The number of hydrogen-bond donors (Lipinski definition) is 3. The summed E-state index contributed by atoms with van der Waals surface area (Å²) in [5, 5.41) is 25.9. The molecule has 0 aliphatic rings. The summed E-state index contributed by atoms with van der Waals surface area (Å²) in [7, 11) is 0. The molecule has 0 radical (unpaired) electrons. The van der Waals surface area contributed by atoms with Crippen LogP contribution in [0.25, 0.3) is 0 Å². The summed E-state index contributed by atoms with van der Waals surface area (Å²) in [6, 6.07) is 7.55. The van der Waals surface area contributed by atoms with Crippen LogP contribution in [0.2, 0.25) is 0 Å². The summed E-state index contributed by atoms with van der Waals surface area (Å²) in [4.78, 5) is 33.5. The molecule has 30 heavy (non-hydrogen) atoms. The van der Waals surface area contributed by atoms with E-state index in [1.54, 1.807) is 0 Å². The highest BCUT2D eigenvalue weighted by Crippen LogP contribution is 2.30. The lowest BCUT2D eigenvalue weighted by Gasteiger charge is -2.09. The minimum atomic E-state index is -4.55. The zero-order valence-corrected chi connectivity index (χ0v) is 15.1. The van der Waals surface area contributed by atoms with Crippen LogP contribution in [0.3, 0.4) is 0 Å². The maximum atomic E-state index is 12.7. The molecule has 0 heterocycles. The van der Waals surface area contributed by atoms with Gasteiger partial charge < -0.3 is 10.4 Å². The van der Waals surface area contributed by atoms with Gasteiger partial charge >= 0.3 is 11.9 Å².